The highest BCUT2D eigenvalue weighted by Gasteiger charge is 2.51. The second kappa shape index (κ2) is 7.17. The number of imidazole rings is 1. The summed E-state index contributed by atoms with van der Waals surface area (Å²) in [7, 11) is 0. The minimum absolute atomic E-state index is 0.0901. The summed E-state index contributed by atoms with van der Waals surface area (Å²) < 4.78 is 69.2. The third kappa shape index (κ3) is 3.47. The average molecular weight is 427 g/mol. The molecule has 1 fully saturated rings. The minimum Gasteiger partial charge on any atom is -0.376 e. The van der Waals surface area contributed by atoms with Gasteiger partial charge in [0.25, 0.3) is 0 Å². The van der Waals surface area contributed by atoms with Gasteiger partial charge in [0, 0.05) is 24.8 Å². The molecule has 0 bridgehead atoms. The second-order valence-corrected chi connectivity index (χ2v) is 7.31. The SMILES string of the molecule is CC(O)(c1ccc2ncc(-c3nc(NC4CNCC4F)ccc3F)n2c1)C(F)(F)F. The van der Waals surface area contributed by atoms with Gasteiger partial charge in [0.1, 0.15) is 23.3 Å². The quantitative estimate of drug-likeness (QED) is 0.559. The highest BCUT2D eigenvalue weighted by atomic mass is 19.4. The van der Waals surface area contributed by atoms with E-state index in [1.54, 1.807) is 0 Å². The number of nitrogens with one attached hydrogen (secondary N) is 2. The van der Waals surface area contributed by atoms with Crippen LogP contribution in [-0.4, -0.2) is 51.0 Å². The van der Waals surface area contributed by atoms with Crippen molar-refractivity contribution in [3.8, 4) is 11.4 Å². The number of fused-ring (bicyclic) bond motifs is 1. The number of hydrogen-bond acceptors (Lipinski definition) is 5. The van der Waals surface area contributed by atoms with Crippen molar-refractivity contribution in [3.05, 3.63) is 48.0 Å². The minimum atomic E-state index is -4.91. The Bertz CT molecular complexity index is 1080. The Morgan fingerprint density at radius 1 is 1.20 bits per heavy atom. The van der Waals surface area contributed by atoms with Crippen LogP contribution in [0.4, 0.5) is 27.8 Å². The molecule has 1 aliphatic rings. The summed E-state index contributed by atoms with van der Waals surface area (Å²) in [6.45, 7) is 1.21. The Morgan fingerprint density at radius 2 is 1.97 bits per heavy atom. The molecule has 0 spiro atoms. The summed E-state index contributed by atoms with van der Waals surface area (Å²) in [5.41, 5.74) is -3.38. The summed E-state index contributed by atoms with van der Waals surface area (Å²) in [5.74, 6) is -0.507. The van der Waals surface area contributed by atoms with Crippen molar-refractivity contribution in [1.82, 2.24) is 19.7 Å². The van der Waals surface area contributed by atoms with Gasteiger partial charge in [-0.1, -0.05) is 6.07 Å². The van der Waals surface area contributed by atoms with Gasteiger partial charge in [0.15, 0.2) is 11.4 Å². The molecule has 30 heavy (non-hydrogen) atoms. The highest BCUT2D eigenvalue weighted by Crippen LogP contribution is 2.38. The van der Waals surface area contributed by atoms with Gasteiger partial charge in [0.2, 0.25) is 0 Å². The molecule has 3 aromatic rings. The first-order valence-electron chi connectivity index (χ1n) is 9.13. The van der Waals surface area contributed by atoms with E-state index < -0.39 is 35.4 Å². The number of pyridine rings is 2. The van der Waals surface area contributed by atoms with Crippen molar-refractivity contribution in [1.29, 1.82) is 0 Å². The zero-order valence-corrected chi connectivity index (χ0v) is 15.7. The molecule has 3 unspecified atom stereocenters. The van der Waals surface area contributed by atoms with Crippen LogP contribution in [0.5, 0.6) is 0 Å². The number of aromatic nitrogens is 3. The zero-order valence-electron chi connectivity index (χ0n) is 15.7. The Kier molecular flexibility index (Phi) is 4.89. The Morgan fingerprint density at radius 3 is 2.63 bits per heavy atom. The first kappa shape index (κ1) is 20.5. The lowest BCUT2D eigenvalue weighted by Gasteiger charge is -2.26. The zero-order chi connectivity index (χ0) is 21.7. The second-order valence-electron chi connectivity index (χ2n) is 7.31. The van der Waals surface area contributed by atoms with E-state index in [-0.39, 0.29) is 29.4 Å². The fourth-order valence-electron chi connectivity index (χ4n) is 3.29. The van der Waals surface area contributed by atoms with Crippen molar-refractivity contribution in [2.45, 2.75) is 30.9 Å². The largest absolute Gasteiger partial charge is 0.421 e. The maximum atomic E-state index is 14.5. The van der Waals surface area contributed by atoms with Crippen LogP contribution in [0.25, 0.3) is 17.0 Å². The van der Waals surface area contributed by atoms with Crippen LogP contribution in [0.2, 0.25) is 0 Å². The Hall–Kier alpha value is -2.79. The molecule has 0 aliphatic carbocycles. The van der Waals surface area contributed by atoms with Crippen molar-refractivity contribution < 1.29 is 27.1 Å². The van der Waals surface area contributed by atoms with E-state index >= 15 is 0 Å². The molecule has 1 aliphatic heterocycles. The highest BCUT2D eigenvalue weighted by molar-refractivity contribution is 5.63. The third-order valence-corrected chi connectivity index (χ3v) is 5.18. The number of rotatable bonds is 4. The van der Waals surface area contributed by atoms with E-state index in [0.717, 1.165) is 18.3 Å². The number of alkyl halides is 4. The van der Waals surface area contributed by atoms with Crippen molar-refractivity contribution in [2.24, 2.45) is 0 Å². The lowest BCUT2D eigenvalue weighted by molar-refractivity contribution is -0.259. The fraction of sp³-hybridized carbons (Fsp3) is 0.368. The van der Waals surface area contributed by atoms with Crippen molar-refractivity contribution in [2.75, 3.05) is 18.4 Å². The van der Waals surface area contributed by atoms with Gasteiger partial charge in [-0.15, -0.1) is 0 Å². The molecule has 0 amide bonds. The van der Waals surface area contributed by atoms with Crippen LogP contribution in [0.1, 0.15) is 12.5 Å². The average Bonchev–Trinajstić information content (AvgIpc) is 3.28. The molecule has 11 heteroatoms. The van der Waals surface area contributed by atoms with Gasteiger partial charge < -0.3 is 15.7 Å². The summed E-state index contributed by atoms with van der Waals surface area (Å²) in [6, 6.07) is 4.35. The third-order valence-electron chi connectivity index (χ3n) is 5.18. The molecular weight excluding hydrogens is 409 g/mol. The van der Waals surface area contributed by atoms with Gasteiger partial charge in [0.05, 0.1) is 17.9 Å². The first-order valence-corrected chi connectivity index (χ1v) is 9.13. The van der Waals surface area contributed by atoms with Crippen LogP contribution < -0.4 is 10.6 Å². The summed E-state index contributed by atoms with van der Waals surface area (Å²) >= 11 is 0. The molecule has 4 heterocycles. The van der Waals surface area contributed by atoms with E-state index in [1.165, 1.54) is 22.7 Å². The Balaban J connectivity index is 1.76. The van der Waals surface area contributed by atoms with E-state index in [1.807, 2.05) is 0 Å². The van der Waals surface area contributed by atoms with E-state index in [4.69, 9.17) is 0 Å². The standard InChI is InChI=1S/C19H18F5N5O/c1-18(30,19(22,23)24)10-2-5-16-26-8-14(29(16)9-10)17-11(20)3-4-15(28-17)27-13-7-25-6-12(13)21/h2-5,8-9,12-13,25,30H,6-7H2,1H3,(H,27,28). The van der Waals surface area contributed by atoms with Crippen molar-refractivity contribution >= 4 is 11.5 Å². The van der Waals surface area contributed by atoms with Crippen LogP contribution in [-0.2, 0) is 5.60 Å². The molecule has 1 saturated heterocycles. The van der Waals surface area contributed by atoms with E-state index in [9.17, 15) is 27.1 Å². The summed E-state index contributed by atoms with van der Waals surface area (Å²) in [4.78, 5) is 8.25. The lowest BCUT2D eigenvalue weighted by Crippen LogP contribution is -2.39. The normalized spacial score (nSPS) is 21.7. The Labute approximate surface area is 167 Å². The molecule has 6 nitrogen and oxygen atoms in total. The van der Waals surface area contributed by atoms with Crippen LogP contribution >= 0.6 is 0 Å². The van der Waals surface area contributed by atoms with Gasteiger partial charge in [-0.2, -0.15) is 13.2 Å². The molecule has 3 N–H and O–H groups in total. The topological polar surface area (TPSA) is 74.5 Å². The number of nitrogens with zero attached hydrogens (tertiary/aromatic N) is 3. The first-order chi connectivity index (χ1) is 14.1. The van der Waals surface area contributed by atoms with Crippen LogP contribution in [0, 0.1) is 5.82 Å². The molecule has 4 rings (SSSR count). The van der Waals surface area contributed by atoms with Gasteiger partial charge in [-0.25, -0.2) is 18.7 Å². The maximum Gasteiger partial charge on any atom is 0.421 e. The molecule has 3 aromatic heterocycles. The van der Waals surface area contributed by atoms with Crippen LogP contribution in [0.15, 0.2) is 36.7 Å². The summed E-state index contributed by atoms with van der Waals surface area (Å²) in [5, 5.41) is 15.7. The molecule has 0 aromatic carbocycles. The molecule has 0 saturated carbocycles. The molecular formula is C19H18F5N5O. The van der Waals surface area contributed by atoms with E-state index in [2.05, 4.69) is 20.6 Å². The summed E-state index contributed by atoms with van der Waals surface area (Å²) in [6.07, 6.45) is -3.73. The van der Waals surface area contributed by atoms with E-state index in [0.29, 0.717) is 13.5 Å². The van der Waals surface area contributed by atoms with Crippen LogP contribution in [0.3, 0.4) is 0 Å². The monoisotopic (exact) mass is 427 g/mol. The van der Waals surface area contributed by atoms with Gasteiger partial charge >= 0.3 is 6.18 Å². The number of halogens is 5. The maximum absolute atomic E-state index is 14.5. The predicted molar refractivity (Wildman–Crippen MR) is 99.2 cm³/mol. The number of anilines is 1. The van der Waals surface area contributed by atoms with Gasteiger partial charge in [-0.3, -0.25) is 4.40 Å². The number of hydrogen-bond donors (Lipinski definition) is 3. The van der Waals surface area contributed by atoms with Gasteiger partial charge in [-0.05, 0) is 25.1 Å². The number of aliphatic hydroxyl groups is 1. The predicted octanol–water partition coefficient (Wildman–Crippen LogP) is 3.03. The molecule has 0 radical (unpaired) electrons. The molecule has 3 atom stereocenters. The smallest absolute Gasteiger partial charge is 0.376 e. The molecule has 160 valence electrons. The fourth-order valence-corrected chi connectivity index (χ4v) is 3.29. The van der Waals surface area contributed by atoms with Crippen molar-refractivity contribution in [3.63, 3.8) is 0 Å². The lowest BCUT2D eigenvalue weighted by atomic mass is 9.97.